The van der Waals surface area contributed by atoms with E-state index in [0.29, 0.717) is 86.6 Å². The largest absolute Gasteiger partial charge is 0.504 e. The Morgan fingerprint density at radius 1 is 0.785 bits per heavy atom. The number of aliphatic hydroxyl groups excluding tert-OH is 6. The van der Waals surface area contributed by atoms with Crippen molar-refractivity contribution in [2.24, 2.45) is 87.6 Å². The second kappa shape index (κ2) is 26.5. The molecule has 0 radical (unpaired) electrons. The number of hydrogen-bond donors (Lipinski definition) is 10. The highest BCUT2D eigenvalue weighted by molar-refractivity contribution is 8.76. The summed E-state index contributed by atoms with van der Waals surface area (Å²) in [4.78, 5) is 3.40. The van der Waals surface area contributed by atoms with E-state index in [2.05, 4.69) is 138 Å². The van der Waals surface area contributed by atoms with E-state index in [1.165, 1.54) is 47.9 Å². The summed E-state index contributed by atoms with van der Waals surface area (Å²) < 4.78 is 13.8. The van der Waals surface area contributed by atoms with Crippen LogP contribution in [0.2, 0.25) is 0 Å². The van der Waals surface area contributed by atoms with Crippen LogP contribution in [0.25, 0.3) is 0 Å². The first kappa shape index (κ1) is 63.6. The van der Waals surface area contributed by atoms with Crippen LogP contribution in [0.3, 0.4) is 0 Å². The molecule has 4 bridgehead atoms. The normalized spacial score (nSPS) is 39.8. The van der Waals surface area contributed by atoms with E-state index in [1.807, 2.05) is 24.4 Å². The number of nitrogens with two attached hydrogens (primary N) is 1. The second-order valence-corrected chi connectivity index (χ2v) is 32.0. The van der Waals surface area contributed by atoms with Gasteiger partial charge in [-0.15, -0.1) is 0 Å². The van der Waals surface area contributed by atoms with Crippen LogP contribution in [0.15, 0.2) is 156 Å². The van der Waals surface area contributed by atoms with Crippen molar-refractivity contribution >= 4 is 21.6 Å². The number of nitrogens with one attached hydrogen (secondary N) is 2. The van der Waals surface area contributed by atoms with Gasteiger partial charge >= 0.3 is 0 Å². The van der Waals surface area contributed by atoms with Crippen LogP contribution in [0.1, 0.15) is 128 Å². The molecule has 1 saturated heterocycles. The number of dihydropyridines is 1. The lowest BCUT2D eigenvalue weighted by Crippen LogP contribution is -2.66. The van der Waals surface area contributed by atoms with E-state index < -0.39 is 65.0 Å². The van der Waals surface area contributed by atoms with Gasteiger partial charge in [0.2, 0.25) is 0 Å². The van der Waals surface area contributed by atoms with Crippen LogP contribution in [0.5, 0.6) is 11.5 Å². The number of aromatic hydroxyl groups is 1. The molecule has 93 heavy (non-hydrogen) atoms. The zero-order valence-corrected chi connectivity index (χ0v) is 55.2. The molecule has 14 heteroatoms. The van der Waals surface area contributed by atoms with E-state index in [-0.39, 0.29) is 91.2 Å². The van der Waals surface area contributed by atoms with Gasteiger partial charge < -0.3 is 61.3 Å². The third kappa shape index (κ3) is 11.1. The highest BCUT2D eigenvalue weighted by Crippen LogP contribution is 2.75. The zero-order chi connectivity index (χ0) is 63.7. The van der Waals surface area contributed by atoms with Gasteiger partial charge in [0.15, 0.2) is 11.5 Å². The van der Waals surface area contributed by atoms with Gasteiger partial charge in [-0.05, 0) is 169 Å². The Morgan fingerprint density at radius 2 is 1.60 bits per heavy atom. The molecule has 11 aliphatic rings. The van der Waals surface area contributed by atoms with Crippen LogP contribution in [-0.2, 0) is 17.6 Å². The zero-order valence-electron chi connectivity index (χ0n) is 53.6. The molecule has 3 aromatic carbocycles. The highest BCUT2D eigenvalue weighted by atomic mass is 33.1. The number of H-pyrrole nitrogens is 1. The SMILES string of the molecule is CC[C@H]1Cc2cc(O)c(O[C@@H]3C[C@H](Cc4ccc[nH]4)C4=CCNC(N)=C4CSSC[C@H](CO)[C@H]3O)cc2[C@@H]2C[C@@H](O)[C@H]3[C@@H](OCCO)CC[C@H](O)[C@@H]4C=C[C@]56[C@@H]([C@@H]7C=C[C@@H](c8ccccc87)[C@H]7[C@@H]8CCCC[C@H]8C=C[C@H]75)[C@@H](c5ccccc5)C[C@]4(C#C[C@H]3C=C12)[C@H]6CO. The van der Waals surface area contributed by atoms with Crippen LogP contribution in [-0.4, -0.2) is 116 Å². The Kier molecular flexibility index (Phi) is 18.1. The van der Waals surface area contributed by atoms with E-state index in [0.717, 1.165) is 34.4 Å². The van der Waals surface area contributed by atoms with Crippen molar-refractivity contribution in [3.8, 4) is 23.3 Å². The summed E-state index contributed by atoms with van der Waals surface area (Å²) in [6, 6.07) is 28.2. The average Bonchev–Trinajstić information content (AvgIpc) is 0.872. The summed E-state index contributed by atoms with van der Waals surface area (Å²) >= 11 is 0. The first-order chi connectivity index (χ1) is 45.5. The van der Waals surface area contributed by atoms with Gasteiger partial charge in [-0.25, -0.2) is 0 Å². The van der Waals surface area contributed by atoms with Crippen LogP contribution in [0.4, 0.5) is 0 Å². The smallest absolute Gasteiger partial charge is 0.161 e. The lowest BCUT2D eigenvalue weighted by molar-refractivity contribution is -0.149. The van der Waals surface area contributed by atoms with Gasteiger partial charge in [-0.2, -0.15) is 0 Å². The number of aliphatic hydroxyl groups is 6. The number of phenols is 1. The van der Waals surface area contributed by atoms with Gasteiger partial charge in [-0.3, -0.25) is 0 Å². The number of aromatic nitrogens is 1. The minimum Gasteiger partial charge on any atom is -0.504 e. The van der Waals surface area contributed by atoms with Crippen molar-refractivity contribution in [3.63, 3.8) is 0 Å². The molecule has 3 heterocycles. The Morgan fingerprint density at radius 3 is 2.40 bits per heavy atom. The topological polar surface area (TPSA) is 214 Å². The summed E-state index contributed by atoms with van der Waals surface area (Å²) in [5, 5.41) is 89.1. The number of rotatable bonds is 11. The number of hydrogen-bond acceptors (Lipinski definition) is 13. The van der Waals surface area contributed by atoms with Gasteiger partial charge in [0, 0.05) is 107 Å². The molecule has 0 amide bonds. The molecule has 2 spiro atoms. The molecule has 3 fully saturated rings. The van der Waals surface area contributed by atoms with E-state index in [1.54, 1.807) is 21.6 Å². The summed E-state index contributed by atoms with van der Waals surface area (Å²) in [6.45, 7) is 2.32. The second-order valence-electron chi connectivity index (χ2n) is 29.5. The Hall–Kier alpha value is -5.44. The molecule has 0 unspecified atom stereocenters. The molecule has 15 rings (SSSR count). The summed E-state index contributed by atoms with van der Waals surface area (Å²) in [5.41, 5.74) is 15.7. The summed E-state index contributed by atoms with van der Waals surface area (Å²) in [5.74, 6) is 9.25. The van der Waals surface area contributed by atoms with E-state index in [4.69, 9.17) is 15.2 Å². The number of aromatic amines is 1. The monoisotopic (exact) mass is 1290 g/mol. The third-order valence-electron chi connectivity index (χ3n) is 25.3. The third-order valence-corrected chi connectivity index (χ3v) is 27.7. The number of ether oxygens (including phenoxy) is 2. The van der Waals surface area contributed by atoms with E-state index >= 15 is 0 Å². The molecule has 4 aromatic rings. The lowest BCUT2D eigenvalue weighted by atomic mass is 9.34. The molecule has 23 atom stereocenters. The Labute approximate surface area is 557 Å². The van der Waals surface area contributed by atoms with Gasteiger partial charge in [0.05, 0.1) is 37.6 Å². The standard InChI is InChI=1S/C79H95N3O9S2/c1-2-45-33-49-36-67(87)70(91-71-37-50(34-52-14-10-29-81-52)53-26-30-82-77(80)63(53)44-93-92-43-51(41-84)76(71)89)39-60(49)61-38-68(88)73-48(35-59(45)61)24-27-78-40-62(46-11-4-3-5-12-46)75-58-20-19-57(55-16-8-9-17-56(55)58)74-54-15-7-6-13-47(54)18-21-65(74)79(75,72(78)42-85)28-25-64(78)66(86)22-23-69(73)90-32-31-83/h3-5,8-12,14,16-21,25-26,28-29,35-36,39,45,47-48,50-51,54,57-58,61-62,64-66,68-69,71-76,81-89H,2,6-7,13,15,22-23,30-34,37-38,40-44,80H2,1H3/t45-,47-,48-,50-,51-,54+,57-,58+,61+,62+,64-,65+,66-,68+,69-,71+,72+,73-,74+,75-,76+,78-,79-/m0/s1. The molecular weight excluding hydrogens is 1200 g/mol. The molecule has 12 nitrogen and oxygen atoms in total. The number of benzene rings is 3. The van der Waals surface area contributed by atoms with Crippen molar-refractivity contribution in [3.05, 3.63) is 190 Å². The van der Waals surface area contributed by atoms with Gasteiger partial charge in [-0.1, -0.05) is 162 Å². The fourth-order valence-corrected chi connectivity index (χ4v) is 23.8. The highest BCUT2D eigenvalue weighted by Gasteiger charge is 2.70. The Bertz CT molecular complexity index is 3630. The first-order valence-electron chi connectivity index (χ1n) is 35.2. The van der Waals surface area contributed by atoms with Crippen LogP contribution in [0, 0.1) is 93.7 Å². The predicted octanol–water partition coefficient (Wildman–Crippen LogP) is 11.5. The lowest BCUT2D eigenvalue weighted by Gasteiger charge is -2.69. The minimum atomic E-state index is -1.09. The first-order valence-corrected chi connectivity index (χ1v) is 37.7. The van der Waals surface area contributed by atoms with Crippen LogP contribution < -0.4 is 15.8 Å². The molecular formula is C79H95N3O9S2. The molecule has 2 aliphatic heterocycles. The number of allylic oxidation sites excluding steroid dienone is 8. The average molecular weight is 1290 g/mol. The van der Waals surface area contributed by atoms with Gasteiger partial charge in [0.25, 0.3) is 0 Å². The maximum Gasteiger partial charge on any atom is 0.161 e. The van der Waals surface area contributed by atoms with E-state index in [9.17, 15) is 35.7 Å². The van der Waals surface area contributed by atoms with Gasteiger partial charge in [0.1, 0.15) is 11.9 Å². The fourth-order valence-electron chi connectivity index (χ4n) is 21.3. The number of fused-ring (bicyclic) bond motifs is 10. The molecule has 492 valence electrons. The Balaban J connectivity index is 0.866. The summed E-state index contributed by atoms with van der Waals surface area (Å²) in [6.07, 6.45) is 26.6. The van der Waals surface area contributed by atoms with Crippen molar-refractivity contribution in [2.75, 3.05) is 44.5 Å². The molecule has 11 N–H and O–H groups in total. The number of phenolic OH excluding ortho intramolecular Hbond substituents is 1. The van der Waals surface area contributed by atoms with Crippen molar-refractivity contribution in [2.45, 2.75) is 138 Å². The molecule has 9 aliphatic carbocycles. The van der Waals surface area contributed by atoms with Crippen molar-refractivity contribution in [1.82, 2.24) is 10.3 Å². The molecule has 2 saturated carbocycles. The minimum absolute atomic E-state index is 0.00135. The van der Waals surface area contributed by atoms with Crippen molar-refractivity contribution < 1.29 is 45.2 Å². The van der Waals surface area contributed by atoms with Crippen molar-refractivity contribution in [1.29, 1.82) is 0 Å². The molecule has 1 aromatic heterocycles. The maximum atomic E-state index is 13.4. The summed E-state index contributed by atoms with van der Waals surface area (Å²) in [7, 11) is 3.26. The quantitative estimate of drug-likeness (QED) is 0.0385. The van der Waals surface area contributed by atoms with Crippen LogP contribution >= 0.6 is 21.6 Å². The fraction of sp³-hybridized carbons (Fsp3) is 0.544. The predicted molar refractivity (Wildman–Crippen MR) is 368 cm³/mol. The maximum absolute atomic E-state index is 13.4.